The average Bonchev–Trinajstić information content (AvgIpc) is 2.32. The van der Waals surface area contributed by atoms with E-state index in [4.69, 9.17) is 0 Å². The first-order chi connectivity index (χ1) is 7.45. The normalized spacial score (nSPS) is 16.8. The maximum atomic E-state index is 2.56. The maximum Gasteiger partial charge on any atom is 0.0859 e. The number of halogens is 1. The molecule has 1 aliphatic carbocycles. The summed E-state index contributed by atoms with van der Waals surface area (Å²) in [5.74, 6) is 0. The van der Waals surface area contributed by atoms with E-state index >= 15 is 0 Å². The van der Waals surface area contributed by atoms with Gasteiger partial charge in [-0.25, -0.2) is 0 Å². The maximum absolute atomic E-state index is 2.56. The van der Waals surface area contributed by atoms with Crippen LogP contribution in [0, 0.1) is 0 Å². The first kappa shape index (κ1) is 13.5. The molecule has 2 N–H and O–H groups in total. The van der Waals surface area contributed by atoms with Gasteiger partial charge < -0.3 is 17.7 Å². The van der Waals surface area contributed by atoms with Gasteiger partial charge in [0.05, 0.1) is 12.6 Å². The van der Waals surface area contributed by atoms with Gasteiger partial charge in [0.15, 0.2) is 0 Å². The third-order valence-corrected chi connectivity index (χ3v) is 3.43. The van der Waals surface area contributed by atoms with Crippen molar-refractivity contribution in [1.29, 1.82) is 0 Å². The zero-order valence-corrected chi connectivity index (χ0v) is 10.6. The van der Waals surface area contributed by atoms with Crippen LogP contribution in [0.5, 0.6) is 0 Å². The first-order valence-corrected chi connectivity index (χ1v) is 6.32. The minimum Gasteiger partial charge on any atom is -1.00 e. The van der Waals surface area contributed by atoms with E-state index in [2.05, 4.69) is 35.6 Å². The quantitative estimate of drug-likeness (QED) is 0.704. The van der Waals surface area contributed by atoms with Gasteiger partial charge in [-0.2, -0.15) is 0 Å². The number of hydrogen-bond acceptors (Lipinski definition) is 0. The molecule has 0 heterocycles. The molecule has 0 spiro atoms. The number of rotatable bonds is 4. The summed E-state index contributed by atoms with van der Waals surface area (Å²) >= 11 is 0. The van der Waals surface area contributed by atoms with Crippen LogP contribution in [0.2, 0.25) is 0 Å². The molecule has 1 aromatic rings. The Hall–Kier alpha value is -0.530. The van der Waals surface area contributed by atoms with Crippen molar-refractivity contribution in [3.63, 3.8) is 0 Å². The van der Waals surface area contributed by atoms with Gasteiger partial charge in [0, 0.05) is 6.42 Å². The number of quaternary nitrogens is 1. The molecule has 2 rings (SSSR count). The second-order valence-electron chi connectivity index (χ2n) is 4.66. The van der Waals surface area contributed by atoms with E-state index in [0.717, 1.165) is 6.04 Å². The Morgan fingerprint density at radius 3 is 2.38 bits per heavy atom. The summed E-state index contributed by atoms with van der Waals surface area (Å²) in [6, 6.07) is 11.7. The standard InChI is InChI=1S/C14H21N.ClH/c1-3-7-13(8-4-1)11-12-15-14-9-5-2-6-10-14;/h1,3-4,7-8,14-15H,2,5-6,9-12H2;1H. The summed E-state index contributed by atoms with van der Waals surface area (Å²) < 4.78 is 0. The lowest BCUT2D eigenvalue weighted by Crippen LogP contribution is -3.00. The minimum absolute atomic E-state index is 0. The molecule has 1 saturated carbocycles. The van der Waals surface area contributed by atoms with Crippen molar-refractivity contribution in [2.24, 2.45) is 0 Å². The lowest BCUT2D eigenvalue weighted by atomic mass is 9.95. The fourth-order valence-electron chi connectivity index (χ4n) is 2.50. The highest BCUT2D eigenvalue weighted by atomic mass is 35.5. The fraction of sp³-hybridized carbons (Fsp3) is 0.571. The summed E-state index contributed by atoms with van der Waals surface area (Å²) in [6.45, 7) is 1.26. The van der Waals surface area contributed by atoms with Crippen LogP contribution in [0.4, 0.5) is 0 Å². The topological polar surface area (TPSA) is 16.6 Å². The SMILES string of the molecule is [Cl-].c1ccc(CC[NH2+]C2CCCCC2)cc1. The minimum atomic E-state index is 0. The van der Waals surface area contributed by atoms with Gasteiger partial charge in [0.2, 0.25) is 0 Å². The monoisotopic (exact) mass is 239 g/mol. The smallest absolute Gasteiger partial charge is 0.0859 e. The summed E-state index contributed by atoms with van der Waals surface area (Å²) in [6.07, 6.45) is 8.46. The van der Waals surface area contributed by atoms with Crippen molar-refractivity contribution in [1.82, 2.24) is 0 Å². The van der Waals surface area contributed by atoms with Crippen LogP contribution in [-0.2, 0) is 6.42 Å². The van der Waals surface area contributed by atoms with Crippen molar-refractivity contribution in [2.45, 2.75) is 44.6 Å². The molecular weight excluding hydrogens is 218 g/mol. The molecule has 0 bridgehead atoms. The van der Waals surface area contributed by atoms with Crippen molar-refractivity contribution >= 4 is 0 Å². The first-order valence-electron chi connectivity index (χ1n) is 6.32. The van der Waals surface area contributed by atoms with Crippen LogP contribution in [0.15, 0.2) is 30.3 Å². The lowest BCUT2D eigenvalue weighted by molar-refractivity contribution is -0.691. The van der Waals surface area contributed by atoms with E-state index in [1.54, 1.807) is 0 Å². The molecule has 1 aromatic carbocycles. The molecule has 0 amide bonds. The number of nitrogens with two attached hydrogens (primary N) is 1. The summed E-state index contributed by atoms with van der Waals surface area (Å²) in [7, 11) is 0. The molecule has 0 unspecified atom stereocenters. The van der Waals surface area contributed by atoms with Crippen molar-refractivity contribution < 1.29 is 17.7 Å². The fourth-order valence-corrected chi connectivity index (χ4v) is 2.50. The lowest BCUT2D eigenvalue weighted by Gasteiger charge is -2.19. The van der Waals surface area contributed by atoms with Crippen molar-refractivity contribution in [2.75, 3.05) is 6.54 Å². The van der Waals surface area contributed by atoms with E-state index in [1.165, 1.54) is 50.6 Å². The highest BCUT2D eigenvalue weighted by Gasteiger charge is 2.14. The third kappa shape index (κ3) is 4.54. The van der Waals surface area contributed by atoms with Crippen LogP contribution < -0.4 is 17.7 Å². The molecule has 0 saturated heterocycles. The molecule has 0 radical (unpaired) electrons. The molecule has 0 atom stereocenters. The van der Waals surface area contributed by atoms with Gasteiger partial charge in [-0.3, -0.25) is 0 Å². The van der Waals surface area contributed by atoms with Crippen LogP contribution in [0.3, 0.4) is 0 Å². The Kier molecular flexibility index (Phi) is 6.51. The second-order valence-corrected chi connectivity index (χ2v) is 4.66. The van der Waals surface area contributed by atoms with Gasteiger partial charge in [-0.05, 0) is 31.2 Å². The second kappa shape index (κ2) is 7.70. The van der Waals surface area contributed by atoms with E-state index in [9.17, 15) is 0 Å². The van der Waals surface area contributed by atoms with E-state index in [1.807, 2.05) is 0 Å². The Labute approximate surface area is 105 Å². The Bertz CT molecular complexity index is 267. The highest BCUT2D eigenvalue weighted by Crippen LogP contribution is 2.14. The zero-order chi connectivity index (χ0) is 10.3. The predicted octanol–water partition coefficient (Wildman–Crippen LogP) is -0.871. The molecule has 1 aliphatic rings. The van der Waals surface area contributed by atoms with Gasteiger partial charge in [0.1, 0.15) is 0 Å². The Morgan fingerprint density at radius 2 is 1.69 bits per heavy atom. The van der Waals surface area contributed by atoms with Crippen LogP contribution in [-0.4, -0.2) is 12.6 Å². The van der Waals surface area contributed by atoms with E-state index in [-0.39, 0.29) is 12.4 Å². The Balaban J connectivity index is 0.00000128. The molecule has 90 valence electrons. The average molecular weight is 240 g/mol. The summed E-state index contributed by atoms with van der Waals surface area (Å²) in [5.41, 5.74) is 1.48. The van der Waals surface area contributed by atoms with Gasteiger partial charge in [-0.15, -0.1) is 0 Å². The van der Waals surface area contributed by atoms with Crippen LogP contribution in [0.25, 0.3) is 0 Å². The third-order valence-electron chi connectivity index (χ3n) is 3.43. The van der Waals surface area contributed by atoms with Crippen molar-refractivity contribution in [3.8, 4) is 0 Å². The van der Waals surface area contributed by atoms with Crippen LogP contribution >= 0.6 is 0 Å². The molecule has 0 aliphatic heterocycles. The highest BCUT2D eigenvalue weighted by molar-refractivity contribution is 5.14. The van der Waals surface area contributed by atoms with Gasteiger partial charge in [-0.1, -0.05) is 36.8 Å². The van der Waals surface area contributed by atoms with Crippen molar-refractivity contribution in [3.05, 3.63) is 35.9 Å². The summed E-state index contributed by atoms with van der Waals surface area (Å²) in [5, 5.41) is 2.56. The molecule has 1 nitrogen and oxygen atoms in total. The zero-order valence-electron chi connectivity index (χ0n) is 9.87. The van der Waals surface area contributed by atoms with E-state index < -0.39 is 0 Å². The van der Waals surface area contributed by atoms with Crippen LogP contribution in [0.1, 0.15) is 37.7 Å². The molecule has 16 heavy (non-hydrogen) atoms. The number of hydrogen-bond donors (Lipinski definition) is 1. The largest absolute Gasteiger partial charge is 1.00 e. The van der Waals surface area contributed by atoms with Gasteiger partial charge in [0.25, 0.3) is 0 Å². The predicted molar refractivity (Wildman–Crippen MR) is 63.8 cm³/mol. The summed E-state index contributed by atoms with van der Waals surface area (Å²) in [4.78, 5) is 0. The molecule has 2 heteroatoms. The molecular formula is C14H22ClN. The molecule has 0 aromatic heterocycles. The van der Waals surface area contributed by atoms with Gasteiger partial charge >= 0.3 is 0 Å². The number of benzene rings is 1. The van der Waals surface area contributed by atoms with E-state index in [0.29, 0.717) is 0 Å². The Morgan fingerprint density at radius 1 is 1.00 bits per heavy atom. The molecule has 1 fully saturated rings.